The third-order valence-electron chi connectivity index (χ3n) is 2.33. The molecule has 90 valence electrons. The van der Waals surface area contributed by atoms with Gasteiger partial charge in [0.05, 0.1) is 0 Å². The van der Waals surface area contributed by atoms with Crippen molar-refractivity contribution in [3.63, 3.8) is 0 Å². The molecule has 0 heterocycles. The van der Waals surface area contributed by atoms with Gasteiger partial charge in [-0.2, -0.15) is 0 Å². The number of hydrogen-bond acceptors (Lipinski definition) is 1. The molecule has 0 spiro atoms. The minimum atomic E-state index is -0.130. The molecule has 1 aromatic rings. The molecule has 0 aliphatic carbocycles. The molecule has 17 heavy (non-hydrogen) atoms. The highest BCUT2D eigenvalue weighted by Crippen LogP contribution is 1.97. The van der Waals surface area contributed by atoms with E-state index in [1.54, 1.807) is 0 Å². The number of nitrogens with one attached hydrogen (secondary N) is 2. The Hall–Kier alpha value is -1.95. The van der Waals surface area contributed by atoms with E-state index in [-0.39, 0.29) is 6.03 Å². The number of urea groups is 1. The number of amides is 2. The quantitative estimate of drug-likeness (QED) is 0.571. The van der Waals surface area contributed by atoms with E-state index in [1.165, 1.54) is 0 Å². The molecule has 0 unspecified atom stereocenters. The van der Waals surface area contributed by atoms with Crippen molar-refractivity contribution < 1.29 is 4.79 Å². The first-order valence-electron chi connectivity index (χ1n) is 5.82. The van der Waals surface area contributed by atoms with Gasteiger partial charge in [-0.15, -0.1) is 12.3 Å². The number of benzene rings is 1. The molecular weight excluding hydrogens is 212 g/mol. The van der Waals surface area contributed by atoms with Gasteiger partial charge in [0, 0.05) is 19.5 Å². The van der Waals surface area contributed by atoms with E-state index in [4.69, 9.17) is 6.42 Å². The van der Waals surface area contributed by atoms with Crippen LogP contribution in [0.15, 0.2) is 30.3 Å². The lowest BCUT2D eigenvalue weighted by Crippen LogP contribution is -2.35. The zero-order valence-corrected chi connectivity index (χ0v) is 9.91. The monoisotopic (exact) mass is 230 g/mol. The van der Waals surface area contributed by atoms with Crippen LogP contribution < -0.4 is 10.6 Å². The maximum atomic E-state index is 11.4. The molecule has 2 amide bonds. The Kier molecular flexibility index (Phi) is 6.35. The molecule has 3 nitrogen and oxygen atoms in total. The maximum Gasteiger partial charge on any atom is 0.315 e. The van der Waals surface area contributed by atoms with Gasteiger partial charge in [0.25, 0.3) is 0 Å². The first kappa shape index (κ1) is 13.1. The number of carbonyl (C=O) groups is 1. The third kappa shape index (κ3) is 6.26. The summed E-state index contributed by atoms with van der Waals surface area (Å²) in [6, 6.07) is 9.69. The van der Waals surface area contributed by atoms with Gasteiger partial charge < -0.3 is 10.6 Å². The van der Waals surface area contributed by atoms with Crippen LogP contribution >= 0.6 is 0 Å². The summed E-state index contributed by atoms with van der Waals surface area (Å²) in [5.74, 6) is 2.57. The maximum absolute atomic E-state index is 11.4. The van der Waals surface area contributed by atoms with Crippen LogP contribution in [0.4, 0.5) is 4.79 Å². The Labute approximate surface area is 103 Å². The van der Waals surface area contributed by atoms with Crippen molar-refractivity contribution in [2.75, 3.05) is 6.54 Å². The predicted molar refractivity (Wildman–Crippen MR) is 69.4 cm³/mol. The SMILES string of the molecule is C#CCCCCNC(=O)NCc1ccccc1. The van der Waals surface area contributed by atoms with Crippen LogP contribution in [-0.4, -0.2) is 12.6 Å². The smallest absolute Gasteiger partial charge is 0.315 e. The Morgan fingerprint density at radius 1 is 1.18 bits per heavy atom. The van der Waals surface area contributed by atoms with Gasteiger partial charge in [0.2, 0.25) is 0 Å². The van der Waals surface area contributed by atoms with E-state index in [1.807, 2.05) is 30.3 Å². The molecule has 0 fully saturated rings. The number of carbonyl (C=O) groups excluding carboxylic acids is 1. The summed E-state index contributed by atoms with van der Waals surface area (Å²) in [4.78, 5) is 11.4. The van der Waals surface area contributed by atoms with Crippen molar-refractivity contribution in [3.8, 4) is 12.3 Å². The zero-order valence-electron chi connectivity index (χ0n) is 9.91. The first-order valence-corrected chi connectivity index (χ1v) is 5.82. The lowest BCUT2D eigenvalue weighted by Gasteiger charge is -2.07. The Balaban J connectivity index is 2.08. The van der Waals surface area contributed by atoms with Crippen LogP contribution in [0.5, 0.6) is 0 Å². The third-order valence-corrected chi connectivity index (χ3v) is 2.33. The largest absolute Gasteiger partial charge is 0.338 e. The van der Waals surface area contributed by atoms with Gasteiger partial charge in [-0.3, -0.25) is 0 Å². The standard InChI is InChI=1S/C14H18N2O/c1-2-3-4-8-11-15-14(17)16-12-13-9-6-5-7-10-13/h1,5-7,9-10H,3-4,8,11-12H2,(H2,15,16,17). The van der Waals surface area contributed by atoms with Gasteiger partial charge in [-0.05, 0) is 18.4 Å². The Morgan fingerprint density at radius 3 is 2.65 bits per heavy atom. The molecule has 0 atom stereocenters. The Bertz CT molecular complexity index is 368. The topological polar surface area (TPSA) is 41.1 Å². The Morgan fingerprint density at radius 2 is 1.94 bits per heavy atom. The molecule has 2 N–H and O–H groups in total. The lowest BCUT2D eigenvalue weighted by atomic mass is 10.2. The molecule has 3 heteroatoms. The normalized spacial score (nSPS) is 9.35. The lowest BCUT2D eigenvalue weighted by molar-refractivity contribution is 0.240. The molecule has 0 aliphatic rings. The summed E-state index contributed by atoms with van der Waals surface area (Å²) in [6.07, 6.45) is 7.78. The predicted octanol–water partition coefficient (Wildman–Crippen LogP) is 2.29. The first-order chi connectivity index (χ1) is 8.33. The molecule has 1 aromatic carbocycles. The van der Waals surface area contributed by atoms with Crippen LogP contribution in [0, 0.1) is 12.3 Å². The van der Waals surface area contributed by atoms with Crippen molar-refractivity contribution in [2.45, 2.75) is 25.8 Å². The van der Waals surface area contributed by atoms with Gasteiger partial charge in [-0.25, -0.2) is 4.79 Å². The van der Waals surface area contributed by atoms with Gasteiger partial charge in [0.15, 0.2) is 0 Å². The van der Waals surface area contributed by atoms with Crippen molar-refractivity contribution in [1.82, 2.24) is 10.6 Å². The van der Waals surface area contributed by atoms with E-state index < -0.39 is 0 Å². The highest BCUT2D eigenvalue weighted by atomic mass is 16.2. The average molecular weight is 230 g/mol. The summed E-state index contributed by atoms with van der Waals surface area (Å²) in [7, 11) is 0. The van der Waals surface area contributed by atoms with Crippen molar-refractivity contribution in [3.05, 3.63) is 35.9 Å². The molecule has 0 saturated carbocycles. The zero-order chi connectivity index (χ0) is 12.3. The molecule has 0 aliphatic heterocycles. The fourth-order valence-corrected chi connectivity index (χ4v) is 1.39. The van der Waals surface area contributed by atoms with Crippen molar-refractivity contribution in [2.24, 2.45) is 0 Å². The number of unbranched alkanes of at least 4 members (excludes halogenated alkanes) is 2. The van der Waals surface area contributed by atoms with Crippen LogP contribution in [0.25, 0.3) is 0 Å². The van der Waals surface area contributed by atoms with E-state index in [0.29, 0.717) is 13.1 Å². The van der Waals surface area contributed by atoms with E-state index >= 15 is 0 Å². The van der Waals surface area contributed by atoms with Crippen molar-refractivity contribution in [1.29, 1.82) is 0 Å². The second-order valence-corrected chi connectivity index (χ2v) is 3.76. The van der Waals surface area contributed by atoms with Crippen LogP contribution in [-0.2, 0) is 6.54 Å². The van der Waals surface area contributed by atoms with E-state index in [2.05, 4.69) is 16.6 Å². The molecule has 0 saturated heterocycles. The molecule has 0 bridgehead atoms. The summed E-state index contributed by atoms with van der Waals surface area (Å²) < 4.78 is 0. The molecule has 0 radical (unpaired) electrons. The fourth-order valence-electron chi connectivity index (χ4n) is 1.39. The summed E-state index contributed by atoms with van der Waals surface area (Å²) in [6.45, 7) is 1.22. The number of rotatable bonds is 6. The van der Waals surface area contributed by atoms with Crippen LogP contribution in [0.3, 0.4) is 0 Å². The highest BCUT2D eigenvalue weighted by molar-refractivity contribution is 5.73. The molecular formula is C14H18N2O. The minimum absolute atomic E-state index is 0.130. The molecule has 0 aromatic heterocycles. The van der Waals surface area contributed by atoms with Crippen molar-refractivity contribution >= 4 is 6.03 Å². The summed E-state index contributed by atoms with van der Waals surface area (Å²) >= 11 is 0. The van der Waals surface area contributed by atoms with E-state index in [0.717, 1.165) is 24.8 Å². The second kappa shape index (κ2) is 8.23. The van der Waals surface area contributed by atoms with Crippen LogP contribution in [0.2, 0.25) is 0 Å². The van der Waals surface area contributed by atoms with Gasteiger partial charge >= 0.3 is 6.03 Å². The second-order valence-electron chi connectivity index (χ2n) is 3.76. The number of terminal acetylenes is 1. The van der Waals surface area contributed by atoms with E-state index in [9.17, 15) is 4.79 Å². The molecule has 1 rings (SSSR count). The highest BCUT2D eigenvalue weighted by Gasteiger charge is 1.98. The summed E-state index contributed by atoms with van der Waals surface area (Å²) in [5, 5.41) is 5.59. The fraction of sp³-hybridized carbons (Fsp3) is 0.357. The minimum Gasteiger partial charge on any atom is -0.338 e. The summed E-state index contributed by atoms with van der Waals surface area (Å²) in [5.41, 5.74) is 1.09. The van der Waals surface area contributed by atoms with Gasteiger partial charge in [-0.1, -0.05) is 30.3 Å². The average Bonchev–Trinajstić information content (AvgIpc) is 2.37. The number of hydrogen-bond donors (Lipinski definition) is 2. The van der Waals surface area contributed by atoms with Gasteiger partial charge in [0.1, 0.15) is 0 Å². The van der Waals surface area contributed by atoms with Crippen LogP contribution in [0.1, 0.15) is 24.8 Å².